The van der Waals surface area contributed by atoms with Crippen LogP contribution in [0.1, 0.15) is 11.5 Å². The van der Waals surface area contributed by atoms with Crippen LogP contribution < -0.4 is 5.73 Å². The molecule has 3 rings (SSSR count). The van der Waals surface area contributed by atoms with Crippen LogP contribution in [0, 0.1) is 13.8 Å². The smallest absolute Gasteiger partial charge is 0.261 e. The topological polar surface area (TPSA) is 64.9 Å². The van der Waals surface area contributed by atoms with Gasteiger partial charge in [0.2, 0.25) is 0 Å². The van der Waals surface area contributed by atoms with Crippen molar-refractivity contribution in [3.05, 3.63) is 42.0 Å². The van der Waals surface area contributed by atoms with Crippen LogP contribution in [0.15, 0.2) is 45.1 Å². The second-order valence-corrected chi connectivity index (χ2v) is 5.29. The monoisotopic (exact) mass is 271 g/mol. The van der Waals surface area contributed by atoms with Crippen LogP contribution in [0.3, 0.4) is 0 Å². The van der Waals surface area contributed by atoms with E-state index in [0.717, 1.165) is 32.8 Å². The molecule has 19 heavy (non-hydrogen) atoms. The van der Waals surface area contributed by atoms with Gasteiger partial charge in [-0.15, -0.1) is 0 Å². The molecule has 0 aliphatic heterocycles. The lowest BCUT2D eigenvalue weighted by Gasteiger charge is -2.05. The fourth-order valence-corrected chi connectivity index (χ4v) is 2.82. The third-order valence-corrected chi connectivity index (χ3v) is 3.94. The van der Waals surface area contributed by atoms with Gasteiger partial charge in [-0.3, -0.25) is 4.98 Å². The van der Waals surface area contributed by atoms with E-state index < -0.39 is 0 Å². The SMILES string of the molecule is Cc1nc(Sc2ccc(N)c3cnccc23)oc1C. The van der Waals surface area contributed by atoms with Crippen molar-refractivity contribution in [2.24, 2.45) is 0 Å². The van der Waals surface area contributed by atoms with Crippen LogP contribution in [-0.4, -0.2) is 9.97 Å². The number of fused-ring (bicyclic) bond motifs is 1. The van der Waals surface area contributed by atoms with E-state index in [1.807, 2.05) is 32.0 Å². The zero-order valence-corrected chi connectivity index (χ0v) is 11.5. The number of nitrogens with zero attached hydrogens (tertiary/aromatic N) is 2. The van der Waals surface area contributed by atoms with Gasteiger partial charge < -0.3 is 10.2 Å². The fraction of sp³-hybridized carbons (Fsp3) is 0.143. The molecule has 0 aliphatic rings. The highest BCUT2D eigenvalue weighted by Gasteiger charge is 2.10. The molecule has 0 saturated heterocycles. The molecule has 0 saturated carbocycles. The largest absolute Gasteiger partial charge is 0.436 e. The van der Waals surface area contributed by atoms with Gasteiger partial charge in [0.05, 0.1) is 5.69 Å². The van der Waals surface area contributed by atoms with Gasteiger partial charge in [0.15, 0.2) is 0 Å². The number of hydrogen-bond donors (Lipinski definition) is 1. The van der Waals surface area contributed by atoms with Crippen LogP contribution in [-0.2, 0) is 0 Å². The number of nitrogens with two attached hydrogens (primary N) is 1. The average molecular weight is 271 g/mol. The number of pyridine rings is 1. The molecule has 0 atom stereocenters. The summed E-state index contributed by atoms with van der Waals surface area (Å²) in [7, 11) is 0. The predicted octanol–water partition coefficient (Wildman–Crippen LogP) is 3.57. The summed E-state index contributed by atoms with van der Waals surface area (Å²) in [6.45, 7) is 3.85. The Hall–Kier alpha value is -2.01. The maximum Gasteiger partial charge on any atom is 0.261 e. The van der Waals surface area contributed by atoms with Gasteiger partial charge in [-0.05, 0) is 43.8 Å². The molecule has 2 heterocycles. The van der Waals surface area contributed by atoms with E-state index in [1.165, 1.54) is 11.8 Å². The highest BCUT2D eigenvalue weighted by molar-refractivity contribution is 7.99. The molecule has 0 fully saturated rings. The van der Waals surface area contributed by atoms with Crippen LogP contribution >= 0.6 is 11.8 Å². The van der Waals surface area contributed by atoms with Crippen molar-refractivity contribution in [3.63, 3.8) is 0 Å². The quantitative estimate of drug-likeness (QED) is 0.722. The third-order valence-electron chi connectivity index (χ3n) is 3.02. The minimum atomic E-state index is 0.651. The van der Waals surface area contributed by atoms with Crippen LogP contribution in [0.4, 0.5) is 5.69 Å². The minimum absolute atomic E-state index is 0.651. The van der Waals surface area contributed by atoms with E-state index in [2.05, 4.69) is 9.97 Å². The molecule has 0 spiro atoms. The Kier molecular flexibility index (Phi) is 2.91. The summed E-state index contributed by atoms with van der Waals surface area (Å²) in [5.41, 5.74) is 7.61. The lowest BCUT2D eigenvalue weighted by molar-refractivity contribution is 0.431. The van der Waals surface area contributed by atoms with Crippen molar-refractivity contribution in [1.82, 2.24) is 9.97 Å². The first-order chi connectivity index (χ1) is 9.15. The molecule has 96 valence electrons. The summed E-state index contributed by atoms with van der Waals surface area (Å²) in [4.78, 5) is 9.56. The summed E-state index contributed by atoms with van der Waals surface area (Å²) in [6.07, 6.45) is 3.54. The Morgan fingerprint density at radius 3 is 2.74 bits per heavy atom. The number of aromatic nitrogens is 2. The number of anilines is 1. The second kappa shape index (κ2) is 4.59. The molecule has 0 unspecified atom stereocenters. The van der Waals surface area contributed by atoms with E-state index >= 15 is 0 Å². The van der Waals surface area contributed by atoms with Gasteiger partial charge in [0.25, 0.3) is 5.22 Å². The summed E-state index contributed by atoms with van der Waals surface area (Å²) >= 11 is 1.50. The number of benzene rings is 1. The first kappa shape index (κ1) is 12.0. The van der Waals surface area contributed by atoms with Crippen molar-refractivity contribution in [2.45, 2.75) is 24.0 Å². The molecule has 5 heteroatoms. The number of nitrogen functional groups attached to an aromatic ring is 1. The van der Waals surface area contributed by atoms with Crippen molar-refractivity contribution < 1.29 is 4.42 Å². The second-order valence-electron chi connectivity index (χ2n) is 4.30. The molecule has 2 aromatic heterocycles. The summed E-state index contributed by atoms with van der Waals surface area (Å²) < 4.78 is 5.60. The highest BCUT2D eigenvalue weighted by Crippen LogP contribution is 2.35. The molecule has 0 amide bonds. The van der Waals surface area contributed by atoms with Gasteiger partial charge in [-0.1, -0.05) is 0 Å². The van der Waals surface area contributed by atoms with Gasteiger partial charge in [0.1, 0.15) is 5.76 Å². The van der Waals surface area contributed by atoms with Crippen LogP contribution in [0.2, 0.25) is 0 Å². The maximum atomic E-state index is 5.96. The number of oxazole rings is 1. The molecule has 0 bridgehead atoms. The zero-order chi connectivity index (χ0) is 13.4. The minimum Gasteiger partial charge on any atom is -0.436 e. The number of aryl methyl sites for hydroxylation is 2. The zero-order valence-electron chi connectivity index (χ0n) is 10.7. The summed E-state index contributed by atoms with van der Waals surface area (Å²) in [6, 6.07) is 5.82. The van der Waals surface area contributed by atoms with E-state index in [4.69, 9.17) is 10.2 Å². The molecule has 4 nitrogen and oxygen atoms in total. The van der Waals surface area contributed by atoms with Crippen molar-refractivity contribution in [1.29, 1.82) is 0 Å². The Labute approximate surface area is 115 Å². The van der Waals surface area contributed by atoms with E-state index in [-0.39, 0.29) is 0 Å². The molecule has 2 N–H and O–H groups in total. The Morgan fingerprint density at radius 2 is 2.00 bits per heavy atom. The van der Waals surface area contributed by atoms with E-state index in [1.54, 1.807) is 12.4 Å². The molecule has 1 aromatic carbocycles. The molecular formula is C14H13N3OS. The third kappa shape index (κ3) is 2.17. The van der Waals surface area contributed by atoms with Gasteiger partial charge in [0, 0.05) is 33.7 Å². The lowest BCUT2D eigenvalue weighted by Crippen LogP contribution is -1.89. The predicted molar refractivity (Wildman–Crippen MR) is 76.3 cm³/mol. The summed E-state index contributed by atoms with van der Waals surface area (Å²) in [5.74, 6) is 0.851. The van der Waals surface area contributed by atoms with Gasteiger partial charge in [-0.2, -0.15) is 0 Å². The average Bonchev–Trinajstić information content (AvgIpc) is 2.72. The van der Waals surface area contributed by atoms with Crippen molar-refractivity contribution in [3.8, 4) is 0 Å². The van der Waals surface area contributed by atoms with Crippen LogP contribution in [0.5, 0.6) is 0 Å². The molecular weight excluding hydrogens is 258 g/mol. The van der Waals surface area contributed by atoms with Crippen LogP contribution in [0.25, 0.3) is 10.8 Å². The maximum absolute atomic E-state index is 5.96. The molecule has 3 aromatic rings. The van der Waals surface area contributed by atoms with Gasteiger partial charge >= 0.3 is 0 Å². The van der Waals surface area contributed by atoms with E-state index in [9.17, 15) is 0 Å². The lowest BCUT2D eigenvalue weighted by atomic mass is 10.1. The van der Waals surface area contributed by atoms with E-state index in [0.29, 0.717) is 5.22 Å². The summed E-state index contributed by atoms with van der Waals surface area (Å²) in [5, 5.41) is 2.67. The van der Waals surface area contributed by atoms with Crippen molar-refractivity contribution in [2.75, 3.05) is 5.73 Å². The standard InChI is InChI=1S/C14H13N3OS/c1-8-9(2)18-14(17-8)19-13-4-3-12(15)11-7-16-6-5-10(11)13/h3-7H,15H2,1-2H3. The fourth-order valence-electron chi connectivity index (χ4n) is 1.85. The van der Waals surface area contributed by atoms with Crippen molar-refractivity contribution >= 4 is 28.2 Å². The molecule has 0 radical (unpaired) electrons. The number of hydrogen-bond acceptors (Lipinski definition) is 5. The normalized spacial score (nSPS) is 11.1. The Morgan fingerprint density at radius 1 is 1.16 bits per heavy atom. The first-order valence-electron chi connectivity index (χ1n) is 5.89. The van der Waals surface area contributed by atoms with Gasteiger partial charge in [-0.25, -0.2) is 4.98 Å². The Bertz CT molecular complexity index is 732. The highest BCUT2D eigenvalue weighted by atomic mass is 32.2. The number of rotatable bonds is 2. The Balaban J connectivity index is 2.08. The molecule has 0 aliphatic carbocycles. The first-order valence-corrected chi connectivity index (χ1v) is 6.71.